The summed E-state index contributed by atoms with van der Waals surface area (Å²) in [5.41, 5.74) is 8.32. The lowest BCUT2D eigenvalue weighted by Gasteiger charge is -2.37. The first-order valence-corrected chi connectivity index (χ1v) is 9.35. The van der Waals surface area contributed by atoms with Crippen LogP contribution in [0.1, 0.15) is 43.0 Å². The molecule has 0 bridgehead atoms. The van der Waals surface area contributed by atoms with Crippen molar-refractivity contribution < 1.29 is 14.3 Å². The molecular weight excluding hydrogens is 366 g/mol. The lowest BCUT2D eigenvalue weighted by atomic mass is 9.71. The molecule has 1 aliphatic heterocycles. The molecule has 0 unspecified atom stereocenters. The summed E-state index contributed by atoms with van der Waals surface area (Å²) in [6.07, 6.45) is 2.32. The Hall–Kier alpha value is -2.94. The molecule has 8 nitrogen and oxygen atoms in total. The molecule has 4 rings (SSSR count). The van der Waals surface area contributed by atoms with E-state index in [9.17, 15) is 9.59 Å². The maximum absolute atomic E-state index is 13.0. The predicted octanol–water partition coefficient (Wildman–Crippen LogP) is 2.21. The fourth-order valence-electron chi connectivity index (χ4n) is 3.71. The Kier molecular flexibility index (Phi) is 3.92. The number of amides is 2. The third kappa shape index (κ3) is 2.93. The average molecular weight is 385 g/mol. The van der Waals surface area contributed by atoms with Gasteiger partial charge in [0.15, 0.2) is 11.3 Å². The molecule has 3 heterocycles. The summed E-state index contributed by atoms with van der Waals surface area (Å²) in [6.45, 7) is 4.07. The highest BCUT2D eigenvalue weighted by Gasteiger charge is 2.43. The first kappa shape index (κ1) is 17.5. The number of nitrogens with one attached hydrogen (secondary N) is 2. The number of Topliss-reactive ketones (excluding diaryl/α,β-unsaturated/α-hetero) is 1. The molecule has 0 fully saturated rings. The normalized spacial score (nSPS) is 20.5. The highest BCUT2D eigenvalue weighted by molar-refractivity contribution is 7.10. The molecule has 1 atom stereocenters. The van der Waals surface area contributed by atoms with Crippen LogP contribution in [0.4, 0.5) is 4.79 Å². The lowest BCUT2D eigenvalue weighted by Crippen LogP contribution is -2.41. The summed E-state index contributed by atoms with van der Waals surface area (Å²) in [5.74, 6) is 0.470. The topological polar surface area (TPSA) is 123 Å². The van der Waals surface area contributed by atoms with Crippen molar-refractivity contribution in [3.8, 4) is 5.88 Å². The van der Waals surface area contributed by atoms with Gasteiger partial charge in [-0.15, -0.1) is 11.3 Å². The zero-order valence-corrected chi connectivity index (χ0v) is 15.7. The number of urea groups is 1. The second-order valence-electron chi connectivity index (χ2n) is 7.49. The number of hydrogen-bond acceptors (Lipinski definition) is 6. The molecule has 2 aliphatic rings. The van der Waals surface area contributed by atoms with Gasteiger partial charge in [-0.05, 0) is 16.9 Å². The molecule has 0 spiro atoms. The highest BCUT2D eigenvalue weighted by atomic mass is 32.1. The minimum absolute atomic E-state index is 0.0166. The number of aromatic nitrogens is 2. The Bertz CT molecular complexity index is 1040. The smallest absolute Gasteiger partial charge is 0.331 e. The highest BCUT2D eigenvalue weighted by Crippen LogP contribution is 2.49. The number of fused-ring (bicyclic) bond motifs is 1. The van der Waals surface area contributed by atoms with Crippen LogP contribution in [0.3, 0.4) is 0 Å². The van der Waals surface area contributed by atoms with E-state index in [4.69, 9.17) is 15.9 Å². The second-order valence-corrected chi connectivity index (χ2v) is 8.47. The van der Waals surface area contributed by atoms with E-state index in [1.54, 1.807) is 0 Å². The van der Waals surface area contributed by atoms with Gasteiger partial charge in [-0.1, -0.05) is 19.9 Å². The second kappa shape index (κ2) is 6.05. The third-order valence-electron chi connectivity index (χ3n) is 4.75. The van der Waals surface area contributed by atoms with Gasteiger partial charge >= 0.3 is 6.03 Å². The summed E-state index contributed by atoms with van der Waals surface area (Å²) in [4.78, 5) is 29.4. The molecule has 9 heteroatoms. The number of rotatable bonds is 2. The van der Waals surface area contributed by atoms with Crippen molar-refractivity contribution in [3.05, 3.63) is 51.1 Å². The van der Waals surface area contributed by atoms with E-state index >= 15 is 0 Å². The van der Waals surface area contributed by atoms with Gasteiger partial charge in [-0.3, -0.25) is 10.2 Å². The van der Waals surface area contributed by atoms with Crippen molar-refractivity contribution in [2.75, 3.05) is 5.43 Å². The minimum atomic E-state index is -0.810. The van der Waals surface area contributed by atoms with E-state index in [0.717, 1.165) is 9.55 Å². The van der Waals surface area contributed by atoms with Gasteiger partial charge in [0.2, 0.25) is 5.88 Å². The molecule has 0 saturated heterocycles. The summed E-state index contributed by atoms with van der Waals surface area (Å²) in [5, 5.41) is 10.5. The molecule has 2 aromatic heterocycles. The number of ketones is 1. The number of carbonyl (C=O) groups is 2. The third-order valence-corrected chi connectivity index (χ3v) is 5.69. The number of primary amides is 1. The van der Waals surface area contributed by atoms with Crippen LogP contribution in [0.2, 0.25) is 0 Å². The number of allylic oxidation sites excluding steroid dienone is 2. The maximum Gasteiger partial charge on any atom is 0.331 e. The minimum Gasteiger partial charge on any atom is -0.442 e. The zero-order chi connectivity index (χ0) is 19.3. The van der Waals surface area contributed by atoms with Gasteiger partial charge in [0.1, 0.15) is 12.1 Å². The van der Waals surface area contributed by atoms with Crippen LogP contribution in [0.5, 0.6) is 5.88 Å². The lowest BCUT2D eigenvalue weighted by molar-refractivity contribution is -0.118. The van der Waals surface area contributed by atoms with Crippen LogP contribution >= 0.6 is 11.3 Å². The first-order chi connectivity index (χ1) is 12.8. The summed E-state index contributed by atoms with van der Waals surface area (Å²) < 4.78 is 7.12. The van der Waals surface area contributed by atoms with E-state index in [0.29, 0.717) is 29.7 Å². The number of carbonyl (C=O) groups excluding carboxylic acids is 2. The van der Waals surface area contributed by atoms with E-state index in [2.05, 4.69) is 10.4 Å². The van der Waals surface area contributed by atoms with Crippen molar-refractivity contribution in [2.24, 2.45) is 11.1 Å². The Morgan fingerprint density at radius 1 is 1.48 bits per heavy atom. The summed E-state index contributed by atoms with van der Waals surface area (Å²) >= 11 is 1.50. The fourth-order valence-corrected chi connectivity index (χ4v) is 4.55. The molecule has 140 valence electrons. The van der Waals surface area contributed by atoms with Gasteiger partial charge < -0.3 is 10.5 Å². The summed E-state index contributed by atoms with van der Waals surface area (Å²) in [6, 6.07) is 3.03. The van der Waals surface area contributed by atoms with Crippen molar-refractivity contribution in [3.63, 3.8) is 0 Å². The number of hydrogen-bond donors (Lipinski definition) is 3. The Balaban J connectivity index is 1.95. The van der Waals surface area contributed by atoms with Gasteiger partial charge in [-0.2, -0.15) is 0 Å². The van der Waals surface area contributed by atoms with Crippen LogP contribution in [-0.4, -0.2) is 21.5 Å². The fraction of sp³-hybridized carbons (Fsp3) is 0.333. The van der Waals surface area contributed by atoms with Crippen LogP contribution < -0.4 is 21.4 Å². The number of nitrogens with two attached hydrogens (primary N) is 1. The molecular formula is C18H19N5O3S. The van der Waals surface area contributed by atoms with Crippen LogP contribution in [0, 0.1) is 10.8 Å². The SMILES string of the molecule is CC1(C)CC(=O)C2=C(C1)Oc1ncn(NC(N)=O)c(=N)c1[C@H]2c1cccs1. The number of ether oxygens (including phenoxy) is 1. The van der Waals surface area contributed by atoms with Gasteiger partial charge in [0, 0.05) is 23.3 Å². The quantitative estimate of drug-likeness (QED) is 0.733. The number of nitrogens with zero attached hydrogens (tertiary/aromatic N) is 2. The van der Waals surface area contributed by atoms with E-state index in [-0.39, 0.29) is 22.6 Å². The van der Waals surface area contributed by atoms with E-state index in [1.165, 1.54) is 17.7 Å². The van der Waals surface area contributed by atoms with Crippen molar-refractivity contribution in [1.82, 2.24) is 9.66 Å². The van der Waals surface area contributed by atoms with Crippen molar-refractivity contribution in [1.29, 1.82) is 5.41 Å². The van der Waals surface area contributed by atoms with E-state index in [1.807, 2.05) is 31.4 Å². The first-order valence-electron chi connectivity index (χ1n) is 8.47. The van der Waals surface area contributed by atoms with E-state index < -0.39 is 11.9 Å². The Morgan fingerprint density at radius 3 is 2.93 bits per heavy atom. The van der Waals surface area contributed by atoms with Crippen LogP contribution in [-0.2, 0) is 4.79 Å². The molecule has 4 N–H and O–H groups in total. The molecule has 1 aliphatic carbocycles. The average Bonchev–Trinajstić information content (AvgIpc) is 3.08. The molecule has 27 heavy (non-hydrogen) atoms. The Labute approximate surface area is 159 Å². The molecule has 0 aromatic carbocycles. The Morgan fingerprint density at radius 2 is 2.26 bits per heavy atom. The standard InChI is InChI=1S/C18H19N5O3S/c1-18(2)6-9(24)12-10(7-18)26-16-14(13(12)11-4-3-5-27-11)15(19)23(8-21-16)22-17(20)25/h3-5,8,13,19H,6-7H2,1-2H3,(H3,20,22,25)/t13-/m0/s1. The predicted molar refractivity (Wildman–Crippen MR) is 98.9 cm³/mol. The van der Waals surface area contributed by atoms with Crippen molar-refractivity contribution >= 4 is 23.2 Å². The van der Waals surface area contributed by atoms with Gasteiger partial charge in [0.05, 0.1) is 11.5 Å². The maximum atomic E-state index is 13.0. The summed E-state index contributed by atoms with van der Waals surface area (Å²) in [7, 11) is 0. The molecule has 2 aromatic rings. The van der Waals surface area contributed by atoms with Gasteiger partial charge in [-0.25, -0.2) is 19.9 Å². The molecule has 0 saturated carbocycles. The largest absolute Gasteiger partial charge is 0.442 e. The van der Waals surface area contributed by atoms with Crippen LogP contribution in [0.15, 0.2) is 35.2 Å². The molecule has 2 amide bonds. The number of thiophene rings is 1. The van der Waals surface area contributed by atoms with Gasteiger partial charge in [0.25, 0.3) is 0 Å². The van der Waals surface area contributed by atoms with Crippen molar-refractivity contribution in [2.45, 2.75) is 32.6 Å². The molecule has 0 radical (unpaired) electrons. The monoisotopic (exact) mass is 385 g/mol. The zero-order valence-electron chi connectivity index (χ0n) is 14.9. The van der Waals surface area contributed by atoms with Crippen LogP contribution in [0.25, 0.3) is 0 Å².